The number of hydrogen-bond acceptors (Lipinski definition) is 4. The first-order chi connectivity index (χ1) is 16.6. The van der Waals surface area contributed by atoms with Gasteiger partial charge < -0.3 is 9.64 Å². The van der Waals surface area contributed by atoms with E-state index in [1.54, 1.807) is 24.3 Å². The summed E-state index contributed by atoms with van der Waals surface area (Å²) < 4.78 is 33.2. The smallest absolute Gasteiger partial charge is 0.183 e. The second kappa shape index (κ2) is 11.7. The fourth-order valence-electron chi connectivity index (χ4n) is 4.62. The van der Waals surface area contributed by atoms with E-state index < -0.39 is 15.1 Å². The molecule has 3 aromatic rings. The molecule has 4 nitrogen and oxygen atoms in total. The zero-order valence-electron chi connectivity index (χ0n) is 19.3. The van der Waals surface area contributed by atoms with Crippen LogP contribution in [0.3, 0.4) is 0 Å². The molecule has 1 heterocycles. The standard InChI is InChI=1S/C28H31NO3S2/c30-34(31,25-15-8-3-9-16-25)27-18-19-28(33)29(21-23-11-4-1-5-12-23)26(27)17-10-20-32-22-24-13-6-2-7-14-24/h1-9,11-16,26-27H,10,17-22H2/t26-,27-/m1/s1. The number of nitrogens with zero attached hydrogens (tertiary/aromatic N) is 1. The SMILES string of the molecule is O=S(=O)(c1ccccc1)[C@@H]1CCC(=S)N(Cc2ccccc2)[C@@H]1CCCOCc1ccccc1. The number of thiocarbonyl (C=S) groups is 1. The molecule has 0 amide bonds. The number of hydrogen-bond donors (Lipinski definition) is 0. The Morgan fingerprint density at radius 1 is 0.853 bits per heavy atom. The Morgan fingerprint density at radius 3 is 2.09 bits per heavy atom. The van der Waals surface area contributed by atoms with Gasteiger partial charge in [-0.2, -0.15) is 0 Å². The van der Waals surface area contributed by atoms with Crippen molar-refractivity contribution in [2.75, 3.05) is 6.61 Å². The van der Waals surface area contributed by atoms with Crippen LogP contribution in [0.15, 0.2) is 95.9 Å². The van der Waals surface area contributed by atoms with Crippen molar-refractivity contribution in [2.45, 2.75) is 55.0 Å². The van der Waals surface area contributed by atoms with Gasteiger partial charge in [0, 0.05) is 19.2 Å². The van der Waals surface area contributed by atoms with Crippen molar-refractivity contribution in [3.63, 3.8) is 0 Å². The average Bonchev–Trinajstić information content (AvgIpc) is 2.87. The molecule has 6 heteroatoms. The molecule has 0 saturated carbocycles. The molecule has 0 aromatic heterocycles. The molecule has 1 fully saturated rings. The van der Waals surface area contributed by atoms with Gasteiger partial charge in [-0.05, 0) is 48.9 Å². The predicted molar refractivity (Wildman–Crippen MR) is 140 cm³/mol. The van der Waals surface area contributed by atoms with Gasteiger partial charge in [-0.15, -0.1) is 0 Å². The summed E-state index contributed by atoms with van der Waals surface area (Å²) in [6, 6.07) is 28.8. The molecule has 1 saturated heterocycles. The van der Waals surface area contributed by atoms with Crippen molar-refractivity contribution in [1.29, 1.82) is 0 Å². The van der Waals surface area contributed by atoms with E-state index in [0.29, 0.717) is 43.9 Å². The zero-order valence-corrected chi connectivity index (χ0v) is 20.9. The summed E-state index contributed by atoms with van der Waals surface area (Å²) >= 11 is 5.76. The molecule has 3 aromatic carbocycles. The van der Waals surface area contributed by atoms with Gasteiger partial charge in [-0.3, -0.25) is 0 Å². The van der Waals surface area contributed by atoms with E-state index in [4.69, 9.17) is 17.0 Å². The minimum absolute atomic E-state index is 0.188. The Balaban J connectivity index is 1.51. The van der Waals surface area contributed by atoms with Crippen molar-refractivity contribution in [1.82, 2.24) is 4.90 Å². The van der Waals surface area contributed by atoms with Crippen molar-refractivity contribution in [2.24, 2.45) is 0 Å². The van der Waals surface area contributed by atoms with Crippen LogP contribution < -0.4 is 0 Å². The average molecular weight is 494 g/mol. The number of likely N-dealkylation sites (tertiary alicyclic amines) is 1. The molecule has 0 aliphatic carbocycles. The second-order valence-electron chi connectivity index (χ2n) is 8.69. The van der Waals surface area contributed by atoms with Gasteiger partial charge in [0.05, 0.1) is 21.7 Å². The monoisotopic (exact) mass is 493 g/mol. The summed E-state index contributed by atoms with van der Waals surface area (Å²) in [6.07, 6.45) is 2.64. The maximum atomic E-state index is 13.7. The van der Waals surface area contributed by atoms with Crippen LogP contribution >= 0.6 is 12.2 Å². The first kappa shape index (κ1) is 24.6. The molecular formula is C28H31NO3S2. The third-order valence-corrected chi connectivity index (χ3v) is 9.07. The highest BCUT2D eigenvalue weighted by molar-refractivity contribution is 7.92. The van der Waals surface area contributed by atoms with E-state index in [0.717, 1.165) is 22.5 Å². The summed E-state index contributed by atoms with van der Waals surface area (Å²) in [5, 5.41) is -0.501. The van der Waals surface area contributed by atoms with Crippen LogP contribution in [0.1, 0.15) is 36.8 Å². The lowest BCUT2D eigenvalue weighted by Gasteiger charge is -2.43. The Labute approximate surface area is 208 Å². The molecule has 0 unspecified atom stereocenters. The molecule has 0 N–H and O–H groups in total. The molecule has 0 spiro atoms. The fraction of sp³-hybridized carbons (Fsp3) is 0.321. The molecule has 4 rings (SSSR count). The zero-order chi connectivity index (χ0) is 23.8. The van der Waals surface area contributed by atoms with Crippen molar-refractivity contribution in [3.8, 4) is 0 Å². The Bertz CT molecular complexity index is 1150. The minimum Gasteiger partial charge on any atom is -0.377 e. The van der Waals surface area contributed by atoms with Crippen LogP contribution in [0, 0.1) is 0 Å². The number of sulfone groups is 1. The van der Waals surface area contributed by atoms with Gasteiger partial charge in [0.1, 0.15) is 0 Å². The Morgan fingerprint density at radius 2 is 1.44 bits per heavy atom. The normalized spacial score (nSPS) is 18.7. The number of piperidine rings is 1. The van der Waals surface area contributed by atoms with E-state index >= 15 is 0 Å². The molecule has 0 bridgehead atoms. The molecule has 0 radical (unpaired) electrons. The van der Waals surface area contributed by atoms with E-state index in [1.165, 1.54) is 0 Å². The maximum absolute atomic E-state index is 13.7. The van der Waals surface area contributed by atoms with Crippen molar-refractivity contribution < 1.29 is 13.2 Å². The molecule has 34 heavy (non-hydrogen) atoms. The van der Waals surface area contributed by atoms with Crippen molar-refractivity contribution >= 4 is 27.0 Å². The number of ether oxygens (including phenoxy) is 1. The van der Waals surface area contributed by atoms with Crippen LogP contribution in [0.5, 0.6) is 0 Å². The molecule has 1 aliphatic heterocycles. The van der Waals surface area contributed by atoms with Gasteiger partial charge >= 0.3 is 0 Å². The summed E-state index contributed by atoms with van der Waals surface area (Å²) in [6.45, 7) is 1.76. The minimum atomic E-state index is -3.49. The summed E-state index contributed by atoms with van der Waals surface area (Å²) in [5.74, 6) is 0. The van der Waals surface area contributed by atoms with Gasteiger partial charge in [-0.1, -0.05) is 91.1 Å². The lowest BCUT2D eigenvalue weighted by Crippen LogP contribution is -2.52. The van der Waals surface area contributed by atoms with E-state index in [9.17, 15) is 8.42 Å². The van der Waals surface area contributed by atoms with Crippen LogP contribution in [0.25, 0.3) is 0 Å². The first-order valence-corrected chi connectivity index (χ1v) is 13.7. The quantitative estimate of drug-likeness (QED) is 0.263. The van der Waals surface area contributed by atoms with Gasteiger partial charge in [0.25, 0.3) is 0 Å². The third-order valence-electron chi connectivity index (χ3n) is 6.36. The van der Waals surface area contributed by atoms with E-state index in [-0.39, 0.29) is 6.04 Å². The van der Waals surface area contributed by atoms with Crippen molar-refractivity contribution in [3.05, 3.63) is 102 Å². The van der Waals surface area contributed by atoms with Gasteiger partial charge in [0.2, 0.25) is 0 Å². The molecule has 2 atom stereocenters. The maximum Gasteiger partial charge on any atom is 0.183 e. The van der Waals surface area contributed by atoms with Crippen LogP contribution in [0.2, 0.25) is 0 Å². The third kappa shape index (κ3) is 6.12. The van der Waals surface area contributed by atoms with Crippen LogP contribution in [0.4, 0.5) is 0 Å². The molecular weight excluding hydrogens is 462 g/mol. The second-order valence-corrected chi connectivity index (χ2v) is 11.3. The fourth-order valence-corrected chi connectivity index (χ4v) is 6.95. The van der Waals surface area contributed by atoms with Crippen LogP contribution in [-0.2, 0) is 27.7 Å². The van der Waals surface area contributed by atoms with Gasteiger partial charge in [-0.25, -0.2) is 8.42 Å². The van der Waals surface area contributed by atoms with Gasteiger partial charge in [0.15, 0.2) is 9.84 Å². The predicted octanol–water partition coefficient (Wildman–Crippen LogP) is 5.82. The summed E-state index contributed by atoms with van der Waals surface area (Å²) in [5.41, 5.74) is 2.27. The van der Waals surface area contributed by atoms with E-state index in [1.807, 2.05) is 54.6 Å². The lowest BCUT2D eigenvalue weighted by atomic mass is 9.96. The number of benzene rings is 3. The highest BCUT2D eigenvalue weighted by Gasteiger charge is 2.41. The first-order valence-electron chi connectivity index (χ1n) is 11.8. The molecule has 1 aliphatic rings. The van der Waals surface area contributed by atoms with Crippen LogP contribution in [-0.4, -0.2) is 36.2 Å². The summed E-state index contributed by atoms with van der Waals surface area (Å²) in [4.78, 5) is 3.38. The van der Waals surface area contributed by atoms with E-state index in [2.05, 4.69) is 17.0 Å². The summed E-state index contributed by atoms with van der Waals surface area (Å²) in [7, 11) is -3.49. The highest BCUT2D eigenvalue weighted by Crippen LogP contribution is 2.33. The Hall–Kier alpha value is -2.54. The lowest BCUT2D eigenvalue weighted by molar-refractivity contribution is 0.110. The Kier molecular flexibility index (Phi) is 8.48. The topological polar surface area (TPSA) is 46.6 Å². The number of rotatable bonds is 10. The molecule has 178 valence electrons. The highest BCUT2D eigenvalue weighted by atomic mass is 32.2. The largest absolute Gasteiger partial charge is 0.377 e.